The van der Waals surface area contributed by atoms with Gasteiger partial charge in [-0.1, -0.05) is 62.8 Å². The van der Waals surface area contributed by atoms with Gasteiger partial charge in [-0.25, -0.2) is 0 Å². The van der Waals surface area contributed by atoms with Gasteiger partial charge in [-0.2, -0.15) is 0 Å². The Labute approximate surface area is 253 Å². The average molecular weight is 591 g/mol. The molecule has 7 nitrogen and oxygen atoms in total. The second-order valence-electron chi connectivity index (χ2n) is 12.1. The molecule has 2 bridgehead atoms. The quantitative estimate of drug-likeness (QED) is 0.203. The zero-order valence-electron chi connectivity index (χ0n) is 24.8. The van der Waals surface area contributed by atoms with Gasteiger partial charge in [0.1, 0.15) is 6.04 Å². The van der Waals surface area contributed by atoms with Crippen molar-refractivity contribution in [1.29, 1.82) is 0 Å². The highest BCUT2D eigenvalue weighted by Gasteiger charge is 2.78. The Kier molecular flexibility index (Phi) is 8.59. The monoisotopic (exact) mass is 590 g/mol. The van der Waals surface area contributed by atoms with Crippen molar-refractivity contribution in [2.75, 3.05) is 24.7 Å². The van der Waals surface area contributed by atoms with Crippen LogP contribution in [0, 0.1) is 17.8 Å². The molecule has 3 fully saturated rings. The van der Waals surface area contributed by atoms with E-state index in [4.69, 9.17) is 4.74 Å². The first-order chi connectivity index (χ1) is 20.2. The maximum Gasteiger partial charge on any atom is 0.311 e. The predicted octanol–water partition coefficient (Wildman–Crippen LogP) is 5.37. The normalized spacial score (nSPS) is 29.3. The predicted molar refractivity (Wildman–Crippen MR) is 168 cm³/mol. The minimum atomic E-state index is -0.842. The Hall–Kier alpha value is -3.10. The van der Waals surface area contributed by atoms with Crippen LogP contribution < -0.4 is 4.90 Å². The first kappa shape index (κ1) is 30.4. The third kappa shape index (κ3) is 4.77. The molecule has 3 heterocycles. The van der Waals surface area contributed by atoms with Crippen molar-refractivity contribution < 1.29 is 24.2 Å². The summed E-state index contributed by atoms with van der Waals surface area (Å²) in [6, 6.07) is 12.5. The lowest BCUT2D eigenvalue weighted by molar-refractivity contribution is -0.156. The molecule has 7 atom stereocenters. The van der Waals surface area contributed by atoms with Crippen molar-refractivity contribution >= 4 is 46.0 Å². The number of aliphatic hydroxyl groups excluding tert-OH is 1. The van der Waals surface area contributed by atoms with E-state index >= 15 is 0 Å². The van der Waals surface area contributed by atoms with Crippen LogP contribution >= 0.6 is 11.8 Å². The number of ether oxygens (including phenoxy) is 1. The highest BCUT2D eigenvalue weighted by atomic mass is 32.2. The van der Waals surface area contributed by atoms with Crippen LogP contribution in [0.3, 0.4) is 0 Å². The third-order valence-electron chi connectivity index (χ3n) is 9.74. The molecule has 2 aromatic rings. The Balaban J connectivity index is 1.62. The Bertz CT molecular complexity index is 1390. The van der Waals surface area contributed by atoms with Crippen molar-refractivity contribution in [2.24, 2.45) is 17.8 Å². The molecular weight excluding hydrogens is 548 g/mol. The lowest BCUT2D eigenvalue weighted by atomic mass is 9.66. The van der Waals surface area contributed by atoms with Crippen LogP contribution in [-0.4, -0.2) is 69.1 Å². The minimum Gasteiger partial charge on any atom is -0.465 e. The largest absolute Gasteiger partial charge is 0.465 e. The average Bonchev–Trinajstić information content (AvgIpc) is 3.56. The first-order valence-electron chi connectivity index (χ1n) is 15.0. The Morgan fingerprint density at radius 2 is 1.93 bits per heavy atom. The molecule has 8 heteroatoms. The van der Waals surface area contributed by atoms with E-state index in [1.165, 1.54) is 0 Å². The van der Waals surface area contributed by atoms with E-state index in [2.05, 4.69) is 13.2 Å². The number of fused-ring (bicyclic) bond motifs is 2. The SMILES string of the molecule is C=CCCOC(=O)[C@H]1[C@H]2C(=O)N([C@@H](CO)[C@@H](C)CC)C(C(=O)N(CC=C)c3ccc4ccccc4c3)C23CC[C@]1(C)S3. The summed E-state index contributed by atoms with van der Waals surface area (Å²) in [7, 11) is 0. The fourth-order valence-electron chi connectivity index (χ4n) is 7.45. The lowest BCUT2D eigenvalue weighted by Gasteiger charge is -2.41. The number of carbonyl (C=O) groups excluding carboxylic acids is 3. The fourth-order valence-corrected chi connectivity index (χ4v) is 9.77. The maximum absolute atomic E-state index is 14.9. The number of rotatable bonds is 12. The van der Waals surface area contributed by atoms with Crippen LogP contribution in [-0.2, 0) is 19.1 Å². The number of hydrogen-bond donors (Lipinski definition) is 1. The van der Waals surface area contributed by atoms with Gasteiger partial charge in [0.15, 0.2) is 0 Å². The van der Waals surface area contributed by atoms with Crippen LogP contribution in [0.2, 0.25) is 0 Å². The molecule has 0 saturated carbocycles. The third-order valence-corrected chi connectivity index (χ3v) is 11.7. The summed E-state index contributed by atoms with van der Waals surface area (Å²) in [4.78, 5) is 46.5. The molecule has 0 aliphatic carbocycles. The molecule has 3 aliphatic rings. The van der Waals surface area contributed by atoms with E-state index in [0.717, 1.165) is 22.9 Å². The summed E-state index contributed by atoms with van der Waals surface area (Å²) in [5.74, 6) is -2.24. The molecule has 2 aromatic carbocycles. The van der Waals surface area contributed by atoms with Gasteiger partial charge in [-0.05, 0) is 55.0 Å². The molecule has 1 N–H and O–H groups in total. The lowest BCUT2D eigenvalue weighted by Crippen LogP contribution is -2.58. The second-order valence-corrected chi connectivity index (χ2v) is 14.0. The summed E-state index contributed by atoms with van der Waals surface area (Å²) in [5, 5.41) is 12.7. The van der Waals surface area contributed by atoms with Gasteiger partial charge in [0.2, 0.25) is 5.91 Å². The first-order valence-corrected chi connectivity index (χ1v) is 15.8. The Morgan fingerprint density at radius 1 is 1.19 bits per heavy atom. The summed E-state index contributed by atoms with van der Waals surface area (Å²) in [6.07, 6.45) is 5.98. The number of esters is 1. The smallest absolute Gasteiger partial charge is 0.311 e. The number of aliphatic hydroxyl groups is 1. The molecule has 0 aromatic heterocycles. The van der Waals surface area contributed by atoms with Gasteiger partial charge in [0.05, 0.1) is 35.8 Å². The maximum atomic E-state index is 14.9. The molecule has 3 saturated heterocycles. The van der Waals surface area contributed by atoms with Gasteiger partial charge < -0.3 is 19.6 Å². The van der Waals surface area contributed by atoms with E-state index in [0.29, 0.717) is 19.3 Å². The van der Waals surface area contributed by atoms with E-state index in [-0.39, 0.29) is 43.5 Å². The zero-order chi connectivity index (χ0) is 30.2. The highest BCUT2D eigenvalue weighted by Crippen LogP contribution is 2.72. The molecular formula is C34H42N2O5S. The van der Waals surface area contributed by atoms with Crippen LogP contribution in [0.15, 0.2) is 67.8 Å². The number of amides is 2. The van der Waals surface area contributed by atoms with Gasteiger partial charge in [0.25, 0.3) is 5.91 Å². The number of carbonyl (C=O) groups is 3. The van der Waals surface area contributed by atoms with E-state index < -0.39 is 33.4 Å². The van der Waals surface area contributed by atoms with E-state index in [1.54, 1.807) is 33.7 Å². The van der Waals surface area contributed by atoms with Crippen LogP contribution in [0.5, 0.6) is 0 Å². The van der Waals surface area contributed by atoms with Gasteiger partial charge >= 0.3 is 5.97 Å². The highest BCUT2D eigenvalue weighted by molar-refractivity contribution is 8.02. The molecule has 1 spiro atoms. The molecule has 2 amide bonds. The van der Waals surface area contributed by atoms with Crippen molar-refractivity contribution in [3.05, 3.63) is 67.8 Å². The van der Waals surface area contributed by atoms with E-state index in [1.807, 2.05) is 63.2 Å². The van der Waals surface area contributed by atoms with Crippen LogP contribution in [0.25, 0.3) is 10.8 Å². The number of hydrogen-bond acceptors (Lipinski definition) is 6. The summed E-state index contributed by atoms with van der Waals surface area (Å²) in [6.45, 7) is 13.9. The number of nitrogens with zero attached hydrogens (tertiary/aromatic N) is 2. The second kappa shape index (κ2) is 11.9. The molecule has 0 radical (unpaired) electrons. The number of thioether (sulfide) groups is 1. The minimum absolute atomic E-state index is 0.0474. The molecule has 5 rings (SSSR count). The van der Waals surface area contributed by atoms with Gasteiger partial charge in [0, 0.05) is 17.0 Å². The summed E-state index contributed by atoms with van der Waals surface area (Å²) in [5.41, 5.74) is 0.721. The standard InChI is InChI=1S/C34H42N2O5S/c1-6-9-19-41-32(40)28-27-30(38)36(26(21-37)22(4)8-3)29(34(27)17-16-33(28,5)42-34)31(39)35(18-7-2)25-15-14-23-12-10-11-13-24(23)20-25/h6-7,10-15,20,22,26-29,37H,1-2,8-9,16-19,21H2,3-5H3/t22-,26-,27-,28+,29?,33-,34?/m0/s1. The molecule has 42 heavy (non-hydrogen) atoms. The van der Waals surface area contributed by atoms with Crippen molar-refractivity contribution in [1.82, 2.24) is 4.90 Å². The molecule has 3 aliphatic heterocycles. The number of anilines is 1. The van der Waals surface area contributed by atoms with E-state index in [9.17, 15) is 19.5 Å². The molecule has 2 unspecified atom stereocenters. The summed E-state index contributed by atoms with van der Waals surface area (Å²) < 4.78 is 4.34. The number of benzene rings is 2. The van der Waals surface area contributed by atoms with Crippen LogP contribution in [0.1, 0.15) is 46.5 Å². The number of likely N-dealkylation sites (tertiary alicyclic amines) is 1. The van der Waals surface area contributed by atoms with Crippen molar-refractivity contribution in [3.8, 4) is 0 Å². The summed E-state index contributed by atoms with van der Waals surface area (Å²) >= 11 is 1.61. The van der Waals surface area contributed by atoms with Gasteiger partial charge in [-0.3, -0.25) is 14.4 Å². The fraction of sp³-hybridized carbons (Fsp3) is 0.500. The van der Waals surface area contributed by atoms with Crippen LogP contribution in [0.4, 0.5) is 5.69 Å². The topological polar surface area (TPSA) is 87.1 Å². The zero-order valence-corrected chi connectivity index (χ0v) is 25.6. The van der Waals surface area contributed by atoms with Crippen molar-refractivity contribution in [2.45, 2.75) is 68.0 Å². The Morgan fingerprint density at radius 3 is 2.60 bits per heavy atom. The molecule has 224 valence electrons. The van der Waals surface area contributed by atoms with Gasteiger partial charge in [-0.15, -0.1) is 24.9 Å². The van der Waals surface area contributed by atoms with Crippen molar-refractivity contribution in [3.63, 3.8) is 0 Å².